The monoisotopic (exact) mass is 346 g/mol. The Labute approximate surface area is 124 Å². The van der Waals surface area contributed by atoms with Gasteiger partial charge in [-0.1, -0.05) is 6.92 Å². The van der Waals surface area contributed by atoms with Crippen molar-refractivity contribution in [2.24, 2.45) is 5.92 Å². The van der Waals surface area contributed by atoms with E-state index in [1.165, 1.54) is 18.2 Å². The maximum Gasteiger partial charge on any atom is 0.313 e. The van der Waals surface area contributed by atoms with Crippen LogP contribution in [0.5, 0.6) is 0 Å². The third kappa shape index (κ3) is 4.57. The lowest BCUT2D eigenvalue weighted by Crippen LogP contribution is -2.43. The SMILES string of the molecule is CC(CO)C(C)NC(=O)C(=O)Nc1ccc(F)c(Br)c1. The normalized spacial score (nSPS) is 13.4. The molecule has 0 fully saturated rings. The van der Waals surface area contributed by atoms with Crippen LogP contribution in [0.25, 0.3) is 0 Å². The molecule has 1 aromatic rings. The van der Waals surface area contributed by atoms with Gasteiger partial charge in [-0.15, -0.1) is 0 Å². The second-order valence-corrected chi connectivity index (χ2v) is 5.36. The third-order valence-corrected chi connectivity index (χ3v) is 3.49. The van der Waals surface area contributed by atoms with Crippen LogP contribution in [0.4, 0.5) is 10.1 Å². The van der Waals surface area contributed by atoms with Gasteiger partial charge in [0, 0.05) is 18.3 Å². The van der Waals surface area contributed by atoms with E-state index in [1.807, 2.05) is 0 Å². The van der Waals surface area contributed by atoms with Gasteiger partial charge in [-0.25, -0.2) is 4.39 Å². The lowest BCUT2D eigenvalue weighted by Gasteiger charge is -2.18. The maximum atomic E-state index is 13.0. The molecule has 0 radical (unpaired) electrons. The predicted octanol–water partition coefficient (Wildman–Crippen LogP) is 1.66. The second-order valence-electron chi connectivity index (χ2n) is 4.51. The van der Waals surface area contributed by atoms with Crippen LogP contribution in [-0.4, -0.2) is 29.6 Å². The minimum absolute atomic E-state index is 0.0893. The summed E-state index contributed by atoms with van der Waals surface area (Å²) in [5.74, 6) is -2.27. The van der Waals surface area contributed by atoms with Crippen molar-refractivity contribution >= 4 is 33.4 Å². The highest BCUT2D eigenvalue weighted by Crippen LogP contribution is 2.19. The van der Waals surface area contributed by atoms with E-state index in [2.05, 4.69) is 26.6 Å². The number of hydrogen-bond acceptors (Lipinski definition) is 3. The first-order chi connectivity index (χ1) is 9.35. The van der Waals surface area contributed by atoms with Crippen LogP contribution in [0.15, 0.2) is 22.7 Å². The van der Waals surface area contributed by atoms with E-state index >= 15 is 0 Å². The van der Waals surface area contributed by atoms with Gasteiger partial charge in [0.25, 0.3) is 0 Å². The van der Waals surface area contributed by atoms with Gasteiger partial charge >= 0.3 is 11.8 Å². The molecule has 0 saturated carbocycles. The molecule has 2 amide bonds. The standard InChI is InChI=1S/C13H16BrFN2O3/c1-7(6-18)8(2)16-12(19)13(20)17-9-3-4-11(15)10(14)5-9/h3-5,7-8,18H,6H2,1-2H3,(H,16,19)(H,17,20). The molecule has 0 bridgehead atoms. The Bertz CT molecular complexity index is 510. The quantitative estimate of drug-likeness (QED) is 0.725. The number of halogens is 2. The van der Waals surface area contributed by atoms with Gasteiger partial charge in [0.15, 0.2) is 0 Å². The van der Waals surface area contributed by atoms with E-state index in [4.69, 9.17) is 5.11 Å². The van der Waals surface area contributed by atoms with Crippen LogP contribution in [0.2, 0.25) is 0 Å². The number of hydrogen-bond donors (Lipinski definition) is 3. The molecule has 0 heterocycles. The van der Waals surface area contributed by atoms with Crippen molar-refractivity contribution < 1.29 is 19.1 Å². The van der Waals surface area contributed by atoms with Crippen LogP contribution in [0.3, 0.4) is 0 Å². The molecule has 0 aliphatic rings. The summed E-state index contributed by atoms with van der Waals surface area (Å²) >= 11 is 2.99. The summed E-state index contributed by atoms with van der Waals surface area (Å²) < 4.78 is 13.2. The summed E-state index contributed by atoms with van der Waals surface area (Å²) in [7, 11) is 0. The van der Waals surface area contributed by atoms with E-state index in [0.29, 0.717) is 5.69 Å². The van der Waals surface area contributed by atoms with Gasteiger partial charge < -0.3 is 15.7 Å². The number of carbonyl (C=O) groups is 2. The highest BCUT2D eigenvalue weighted by atomic mass is 79.9. The molecule has 7 heteroatoms. The van der Waals surface area contributed by atoms with Gasteiger partial charge in [0.1, 0.15) is 5.82 Å². The van der Waals surface area contributed by atoms with Crippen molar-refractivity contribution in [2.45, 2.75) is 19.9 Å². The fourth-order valence-corrected chi connectivity index (χ4v) is 1.71. The number of benzene rings is 1. The molecule has 2 atom stereocenters. The first kappa shape index (κ1) is 16.6. The Morgan fingerprint density at radius 3 is 2.55 bits per heavy atom. The summed E-state index contributed by atoms with van der Waals surface area (Å²) in [6.07, 6.45) is 0. The lowest BCUT2D eigenvalue weighted by molar-refractivity contribution is -0.136. The second kappa shape index (κ2) is 7.35. The molecular weight excluding hydrogens is 331 g/mol. The van der Waals surface area contributed by atoms with Crippen molar-refractivity contribution in [1.82, 2.24) is 5.32 Å². The fourth-order valence-electron chi connectivity index (χ4n) is 1.33. The molecule has 0 saturated heterocycles. The van der Waals surface area contributed by atoms with Gasteiger partial charge in [0.05, 0.1) is 4.47 Å². The Morgan fingerprint density at radius 1 is 1.35 bits per heavy atom. The predicted molar refractivity (Wildman–Crippen MR) is 76.6 cm³/mol. The molecule has 2 unspecified atom stereocenters. The van der Waals surface area contributed by atoms with E-state index in [0.717, 1.165) is 0 Å². The smallest absolute Gasteiger partial charge is 0.313 e. The van der Waals surface area contributed by atoms with Crippen LogP contribution < -0.4 is 10.6 Å². The van der Waals surface area contributed by atoms with Crippen LogP contribution in [0, 0.1) is 11.7 Å². The van der Waals surface area contributed by atoms with Crippen molar-refractivity contribution in [3.05, 3.63) is 28.5 Å². The minimum Gasteiger partial charge on any atom is -0.396 e. The molecule has 0 aliphatic heterocycles. The number of amides is 2. The van der Waals surface area contributed by atoms with Crippen molar-refractivity contribution in [3.63, 3.8) is 0 Å². The van der Waals surface area contributed by atoms with E-state index < -0.39 is 17.6 Å². The van der Waals surface area contributed by atoms with Crippen LogP contribution in [-0.2, 0) is 9.59 Å². The Balaban J connectivity index is 2.62. The third-order valence-electron chi connectivity index (χ3n) is 2.88. The minimum atomic E-state index is -0.847. The maximum absolute atomic E-state index is 13.0. The fraction of sp³-hybridized carbons (Fsp3) is 0.385. The molecule has 1 rings (SSSR count). The highest BCUT2D eigenvalue weighted by Gasteiger charge is 2.19. The first-order valence-electron chi connectivity index (χ1n) is 6.03. The van der Waals surface area contributed by atoms with E-state index in [1.54, 1.807) is 13.8 Å². The van der Waals surface area contributed by atoms with Crippen molar-refractivity contribution in [1.29, 1.82) is 0 Å². The molecule has 5 nitrogen and oxygen atoms in total. The molecule has 1 aromatic carbocycles. The Morgan fingerprint density at radius 2 is 2.00 bits per heavy atom. The van der Waals surface area contributed by atoms with Crippen LogP contribution >= 0.6 is 15.9 Å². The Kier molecular flexibility index (Phi) is 6.09. The number of nitrogens with one attached hydrogen (secondary N) is 2. The lowest BCUT2D eigenvalue weighted by atomic mass is 10.1. The number of anilines is 1. The van der Waals surface area contributed by atoms with E-state index in [-0.39, 0.29) is 23.0 Å². The molecule has 0 spiro atoms. The van der Waals surface area contributed by atoms with Crippen molar-refractivity contribution in [3.8, 4) is 0 Å². The number of rotatable bonds is 4. The molecular formula is C13H16BrFN2O3. The number of aliphatic hydroxyl groups excluding tert-OH is 1. The summed E-state index contributed by atoms with van der Waals surface area (Å²) in [5.41, 5.74) is 0.307. The topological polar surface area (TPSA) is 78.4 Å². The molecule has 0 aromatic heterocycles. The largest absolute Gasteiger partial charge is 0.396 e. The average molecular weight is 347 g/mol. The Hall–Kier alpha value is -1.47. The average Bonchev–Trinajstić information content (AvgIpc) is 2.41. The molecule has 3 N–H and O–H groups in total. The van der Waals surface area contributed by atoms with E-state index in [9.17, 15) is 14.0 Å². The summed E-state index contributed by atoms with van der Waals surface area (Å²) in [6.45, 7) is 3.36. The zero-order valence-electron chi connectivity index (χ0n) is 11.1. The molecule has 20 heavy (non-hydrogen) atoms. The van der Waals surface area contributed by atoms with Gasteiger partial charge in [-0.05, 0) is 47.0 Å². The zero-order valence-corrected chi connectivity index (χ0v) is 12.7. The van der Waals surface area contributed by atoms with Crippen LogP contribution in [0.1, 0.15) is 13.8 Å². The number of carbonyl (C=O) groups excluding carboxylic acids is 2. The first-order valence-corrected chi connectivity index (χ1v) is 6.82. The molecule has 0 aliphatic carbocycles. The van der Waals surface area contributed by atoms with Gasteiger partial charge in [-0.3, -0.25) is 9.59 Å². The summed E-state index contributed by atoms with van der Waals surface area (Å²) in [4.78, 5) is 23.3. The number of aliphatic hydroxyl groups is 1. The van der Waals surface area contributed by atoms with Gasteiger partial charge in [-0.2, -0.15) is 0 Å². The highest BCUT2D eigenvalue weighted by molar-refractivity contribution is 9.10. The molecule has 110 valence electrons. The summed E-state index contributed by atoms with van der Waals surface area (Å²) in [5, 5.41) is 13.8. The zero-order chi connectivity index (χ0) is 15.3. The van der Waals surface area contributed by atoms with Crippen molar-refractivity contribution in [2.75, 3.05) is 11.9 Å². The summed E-state index contributed by atoms with van der Waals surface area (Å²) in [6, 6.07) is 3.55. The van der Waals surface area contributed by atoms with Gasteiger partial charge in [0.2, 0.25) is 0 Å².